The van der Waals surface area contributed by atoms with Crippen LogP contribution in [-0.4, -0.2) is 36.3 Å². The summed E-state index contributed by atoms with van der Waals surface area (Å²) in [5, 5.41) is 2.74. The zero-order valence-electron chi connectivity index (χ0n) is 11.6. The molecule has 1 heterocycles. The number of carbonyl (C=O) groups excluding carboxylic acids is 2. The lowest BCUT2D eigenvalue weighted by Gasteiger charge is -2.22. The molecule has 0 fully saturated rings. The molecule has 0 aliphatic carbocycles. The van der Waals surface area contributed by atoms with Crippen LogP contribution in [0.5, 0.6) is 0 Å². The number of nitrogens with one attached hydrogen (secondary N) is 1. The molecule has 1 aromatic carbocycles. The highest BCUT2D eigenvalue weighted by molar-refractivity contribution is 5.90. The van der Waals surface area contributed by atoms with Crippen LogP contribution in [0.2, 0.25) is 0 Å². The summed E-state index contributed by atoms with van der Waals surface area (Å²) in [6.45, 7) is 2.26. The first-order valence-electron chi connectivity index (χ1n) is 6.39. The standard InChI is InChI=1S/C14H19N3O2.ClH/c1-9(15)13(18)16-12-11-6-4-3-5-10(11)7-8-17(2)14(12)19;/h3-6,9,12H,7-8,15H2,1-2H3,(H,16,18);1H/t9-,12?;/m0./s1. The van der Waals surface area contributed by atoms with Crippen LogP contribution in [0, 0.1) is 0 Å². The lowest BCUT2D eigenvalue weighted by molar-refractivity contribution is -0.135. The van der Waals surface area contributed by atoms with Gasteiger partial charge in [0.15, 0.2) is 0 Å². The van der Waals surface area contributed by atoms with Crippen molar-refractivity contribution in [1.29, 1.82) is 0 Å². The summed E-state index contributed by atoms with van der Waals surface area (Å²) in [6, 6.07) is 6.43. The van der Waals surface area contributed by atoms with Gasteiger partial charge in [-0.1, -0.05) is 24.3 Å². The van der Waals surface area contributed by atoms with E-state index in [-0.39, 0.29) is 24.2 Å². The first-order chi connectivity index (χ1) is 9.00. The third-order valence-corrected chi connectivity index (χ3v) is 3.41. The summed E-state index contributed by atoms with van der Waals surface area (Å²) in [4.78, 5) is 25.8. The molecule has 2 atom stereocenters. The Hall–Kier alpha value is -1.59. The highest BCUT2D eigenvalue weighted by Gasteiger charge is 2.30. The number of halogens is 1. The van der Waals surface area contributed by atoms with Gasteiger partial charge in [-0.3, -0.25) is 9.59 Å². The molecule has 1 unspecified atom stereocenters. The molecule has 0 saturated heterocycles. The second-order valence-electron chi connectivity index (χ2n) is 4.94. The van der Waals surface area contributed by atoms with E-state index in [0.717, 1.165) is 17.5 Å². The van der Waals surface area contributed by atoms with E-state index in [0.29, 0.717) is 6.54 Å². The summed E-state index contributed by atoms with van der Waals surface area (Å²) >= 11 is 0. The number of amides is 2. The second-order valence-corrected chi connectivity index (χ2v) is 4.94. The van der Waals surface area contributed by atoms with Crippen LogP contribution < -0.4 is 11.1 Å². The van der Waals surface area contributed by atoms with Gasteiger partial charge in [0.1, 0.15) is 6.04 Å². The molecule has 0 spiro atoms. The molecule has 6 heteroatoms. The Morgan fingerprint density at radius 1 is 1.45 bits per heavy atom. The maximum Gasteiger partial charge on any atom is 0.249 e. The highest BCUT2D eigenvalue weighted by atomic mass is 35.5. The van der Waals surface area contributed by atoms with E-state index in [9.17, 15) is 9.59 Å². The normalized spacial score (nSPS) is 19.4. The van der Waals surface area contributed by atoms with Gasteiger partial charge < -0.3 is 16.0 Å². The molecule has 0 aromatic heterocycles. The lowest BCUT2D eigenvalue weighted by atomic mass is 9.99. The smallest absolute Gasteiger partial charge is 0.249 e. The van der Waals surface area contributed by atoms with E-state index in [1.165, 1.54) is 0 Å². The third-order valence-electron chi connectivity index (χ3n) is 3.41. The number of carbonyl (C=O) groups is 2. The molecular weight excluding hydrogens is 278 g/mol. The Morgan fingerprint density at radius 2 is 2.10 bits per heavy atom. The molecule has 1 aliphatic rings. The molecule has 2 amide bonds. The van der Waals surface area contributed by atoms with Crippen molar-refractivity contribution < 1.29 is 9.59 Å². The third kappa shape index (κ3) is 3.29. The SMILES string of the molecule is C[C@H](N)C(=O)NC1C(=O)N(C)CCc2ccccc21.Cl. The summed E-state index contributed by atoms with van der Waals surface area (Å²) in [6.07, 6.45) is 0.795. The molecule has 0 bridgehead atoms. The molecule has 0 radical (unpaired) electrons. The molecular formula is C14H20ClN3O2. The Labute approximate surface area is 124 Å². The highest BCUT2D eigenvalue weighted by Crippen LogP contribution is 2.24. The van der Waals surface area contributed by atoms with Crippen LogP contribution in [-0.2, 0) is 16.0 Å². The summed E-state index contributed by atoms with van der Waals surface area (Å²) in [5.74, 6) is -0.414. The number of hydrogen-bond acceptors (Lipinski definition) is 3. The zero-order chi connectivity index (χ0) is 14.0. The minimum Gasteiger partial charge on any atom is -0.343 e. The molecule has 3 N–H and O–H groups in total. The maximum absolute atomic E-state index is 12.3. The topological polar surface area (TPSA) is 75.4 Å². The molecule has 20 heavy (non-hydrogen) atoms. The van der Waals surface area contributed by atoms with Crippen LogP contribution in [0.4, 0.5) is 0 Å². The van der Waals surface area contributed by atoms with E-state index < -0.39 is 12.1 Å². The first-order valence-corrected chi connectivity index (χ1v) is 6.39. The number of benzene rings is 1. The van der Waals surface area contributed by atoms with Crippen LogP contribution in [0.1, 0.15) is 24.1 Å². The van der Waals surface area contributed by atoms with Gasteiger partial charge in [0.25, 0.3) is 0 Å². The van der Waals surface area contributed by atoms with Crippen molar-refractivity contribution in [3.8, 4) is 0 Å². The van der Waals surface area contributed by atoms with Crippen molar-refractivity contribution in [2.75, 3.05) is 13.6 Å². The van der Waals surface area contributed by atoms with Crippen LogP contribution in [0.25, 0.3) is 0 Å². The van der Waals surface area contributed by atoms with E-state index in [1.807, 2.05) is 24.3 Å². The summed E-state index contributed by atoms with van der Waals surface area (Å²) < 4.78 is 0. The Morgan fingerprint density at radius 3 is 2.75 bits per heavy atom. The van der Waals surface area contributed by atoms with Gasteiger partial charge in [-0.2, -0.15) is 0 Å². The fourth-order valence-corrected chi connectivity index (χ4v) is 2.21. The van der Waals surface area contributed by atoms with Crippen molar-refractivity contribution in [2.24, 2.45) is 5.73 Å². The quantitative estimate of drug-likeness (QED) is 0.840. The summed E-state index contributed by atoms with van der Waals surface area (Å²) in [5.41, 5.74) is 7.51. The van der Waals surface area contributed by atoms with E-state index in [4.69, 9.17) is 5.73 Å². The fraction of sp³-hybridized carbons (Fsp3) is 0.429. The minimum absolute atomic E-state index is 0. The largest absolute Gasteiger partial charge is 0.343 e. The van der Waals surface area contributed by atoms with E-state index in [1.54, 1.807) is 18.9 Å². The minimum atomic E-state index is -0.637. The average molecular weight is 298 g/mol. The Kier molecular flexibility index (Phi) is 5.53. The number of nitrogens with zero attached hydrogens (tertiary/aromatic N) is 1. The van der Waals surface area contributed by atoms with E-state index >= 15 is 0 Å². The molecule has 0 saturated carbocycles. The average Bonchev–Trinajstić information content (AvgIpc) is 2.51. The van der Waals surface area contributed by atoms with Gasteiger partial charge in [-0.05, 0) is 24.5 Å². The number of hydrogen-bond donors (Lipinski definition) is 2. The zero-order valence-corrected chi connectivity index (χ0v) is 12.4. The van der Waals surface area contributed by atoms with Crippen molar-refractivity contribution in [3.63, 3.8) is 0 Å². The van der Waals surface area contributed by atoms with Crippen molar-refractivity contribution in [1.82, 2.24) is 10.2 Å². The summed E-state index contributed by atoms with van der Waals surface area (Å²) in [7, 11) is 1.75. The molecule has 110 valence electrons. The number of rotatable bonds is 2. The van der Waals surface area contributed by atoms with Crippen LogP contribution in [0.15, 0.2) is 24.3 Å². The number of nitrogens with two attached hydrogens (primary N) is 1. The molecule has 1 aromatic rings. The Balaban J connectivity index is 0.00000200. The maximum atomic E-state index is 12.3. The molecule has 2 rings (SSSR count). The van der Waals surface area contributed by atoms with Gasteiger partial charge in [0.05, 0.1) is 6.04 Å². The van der Waals surface area contributed by atoms with Crippen LogP contribution >= 0.6 is 12.4 Å². The second kappa shape index (κ2) is 6.72. The fourth-order valence-electron chi connectivity index (χ4n) is 2.21. The number of fused-ring (bicyclic) bond motifs is 1. The van der Waals surface area contributed by atoms with Gasteiger partial charge in [0.2, 0.25) is 11.8 Å². The van der Waals surface area contributed by atoms with Gasteiger partial charge >= 0.3 is 0 Å². The van der Waals surface area contributed by atoms with Crippen LogP contribution in [0.3, 0.4) is 0 Å². The predicted octanol–water partition coefficient (Wildman–Crippen LogP) is 0.627. The van der Waals surface area contributed by atoms with Crippen molar-refractivity contribution in [3.05, 3.63) is 35.4 Å². The predicted molar refractivity (Wildman–Crippen MR) is 79.6 cm³/mol. The van der Waals surface area contributed by atoms with Gasteiger partial charge in [0, 0.05) is 13.6 Å². The molecule has 5 nitrogen and oxygen atoms in total. The van der Waals surface area contributed by atoms with Crippen molar-refractivity contribution in [2.45, 2.75) is 25.4 Å². The van der Waals surface area contributed by atoms with Gasteiger partial charge in [-0.25, -0.2) is 0 Å². The number of likely N-dealkylation sites (N-methyl/N-ethyl adjacent to an activating group) is 1. The van der Waals surface area contributed by atoms with Crippen molar-refractivity contribution >= 4 is 24.2 Å². The molecule has 1 aliphatic heterocycles. The Bertz CT molecular complexity index is 505. The lowest BCUT2D eigenvalue weighted by Crippen LogP contribution is -2.45. The monoisotopic (exact) mass is 297 g/mol. The first kappa shape index (κ1) is 16.5. The van der Waals surface area contributed by atoms with Gasteiger partial charge in [-0.15, -0.1) is 12.4 Å². The van der Waals surface area contributed by atoms with E-state index in [2.05, 4.69) is 5.32 Å².